The highest BCUT2D eigenvalue weighted by atomic mass is 32.2. The maximum Gasteiger partial charge on any atom is 0.402 e. The molecule has 0 saturated heterocycles. The van der Waals surface area contributed by atoms with Gasteiger partial charge in [-0.25, -0.2) is 13.1 Å². The minimum absolute atomic E-state index is 0.0825. The first-order valence-corrected chi connectivity index (χ1v) is 6.99. The number of sulfonamides is 1. The summed E-state index contributed by atoms with van der Waals surface area (Å²) in [5.74, 6) is 5.32. The summed E-state index contributed by atoms with van der Waals surface area (Å²) in [5.41, 5.74) is 0.508. The van der Waals surface area contributed by atoms with Crippen LogP contribution in [0.5, 0.6) is 0 Å². The van der Waals surface area contributed by atoms with Gasteiger partial charge in [0.1, 0.15) is 6.54 Å². The average Bonchev–Trinajstić information content (AvgIpc) is 2.37. The average molecular weight is 307 g/mol. The van der Waals surface area contributed by atoms with E-state index in [4.69, 9.17) is 5.11 Å². The van der Waals surface area contributed by atoms with Crippen molar-refractivity contribution < 1.29 is 26.7 Å². The molecule has 0 aromatic heterocycles. The molecule has 0 saturated carbocycles. The van der Waals surface area contributed by atoms with Crippen molar-refractivity contribution in [3.8, 4) is 11.8 Å². The van der Waals surface area contributed by atoms with Gasteiger partial charge >= 0.3 is 6.18 Å². The van der Waals surface area contributed by atoms with E-state index in [1.807, 2.05) is 0 Å². The summed E-state index contributed by atoms with van der Waals surface area (Å²) >= 11 is 0. The van der Waals surface area contributed by atoms with Crippen molar-refractivity contribution >= 4 is 10.0 Å². The fourth-order valence-corrected chi connectivity index (χ4v) is 2.21. The summed E-state index contributed by atoms with van der Waals surface area (Å²) in [7, 11) is -4.19. The number of nitrogens with one attached hydrogen (secondary N) is 1. The molecule has 0 unspecified atom stereocenters. The highest BCUT2D eigenvalue weighted by molar-refractivity contribution is 7.89. The van der Waals surface area contributed by atoms with Crippen LogP contribution in [0.4, 0.5) is 13.2 Å². The quantitative estimate of drug-likeness (QED) is 0.823. The summed E-state index contributed by atoms with van der Waals surface area (Å²) in [6, 6.07) is 5.10. The van der Waals surface area contributed by atoms with E-state index in [1.54, 1.807) is 0 Å². The van der Waals surface area contributed by atoms with Crippen molar-refractivity contribution in [1.82, 2.24) is 4.72 Å². The molecule has 0 heterocycles. The highest BCUT2D eigenvalue weighted by Crippen LogP contribution is 2.15. The summed E-state index contributed by atoms with van der Waals surface area (Å²) in [6.45, 7) is -1.70. The maximum atomic E-state index is 12.0. The Morgan fingerprint density at radius 1 is 1.20 bits per heavy atom. The highest BCUT2D eigenvalue weighted by Gasteiger charge is 2.29. The number of halogens is 3. The number of hydrogen-bond acceptors (Lipinski definition) is 3. The van der Waals surface area contributed by atoms with Gasteiger partial charge in [-0.1, -0.05) is 11.8 Å². The normalized spacial score (nSPS) is 11.8. The second-order valence-corrected chi connectivity index (χ2v) is 5.51. The van der Waals surface area contributed by atoms with Crippen molar-refractivity contribution in [3.05, 3.63) is 29.8 Å². The number of aliphatic hydroxyl groups excluding tert-OH is 1. The van der Waals surface area contributed by atoms with Crippen LogP contribution in [0.15, 0.2) is 29.2 Å². The van der Waals surface area contributed by atoms with E-state index >= 15 is 0 Å². The van der Waals surface area contributed by atoms with Crippen LogP contribution in [0.3, 0.4) is 0 Å². The summed E-state index contributed by atoms with van der Waals surface area (Å²) < 4.78 is 60.5. The predicted octanol–water partition coefficient (Wildman–Crippen LogP) is 1.26. The first kappa shape index (κ1) is 16.5. The second-order valence-electron chi connectivity index (χ2n) is 3.74. The zero-order chi connectivity index (χ0) is 15.2. The van der Waals surface area contributed by atoms with Gasteiger partial charge in [-0.2, -0.15) is 13.2 Å². The Bertz CT molecular complexity index is 598. The van der Waals surface area contributed by atoms with Crippen molar-refractivity contribution in [2.45, 2.75) is 17.5 Å². The lowest BCUT2D eigenvalue weighted by molar-refractivity contribution is -0.121. The molecule has 0 aliphatic rings. The Kier molecular flexibility index (Phi) is 5.56. The predicted molar refractivity (Wildman–Crippen MR) is 66.3 cm³/mol. The molecule has 1 aromatic carbocycles. The standard InChI is InChI=1S/C12H12F3NO3S/c13-12(14,15)9-16-20(18,19)11-6-4-10(5-7-11)3-1-2-8-17/h4-7,16-17H,2,8-9H2. The lowest BCUT2D eigenvalue weighted by Gasteiger charge is -2.09. The van der Waals surface area contributed by atoms with Crippen LogP contribution in [-0.2, 0) is 10.0 Å². The molecule has 1 rings (SSSR count). The van der Waals surface area contributed by atoms with E-state index < -0.39 is 22.7 Å². The Labute approximate surface area is 114 Å². The fourth-order valence-electron chi connectivity index (χ4n) is 1.20. The molecular formula is C12H12F3NO3S. The SMILES string of the molecule is O=S(=O)(NCC(F)(F)F)c1ccc(C#CCCO)cc1. The summed E-state index contributed by atoms with van der Waals surface area (Å²) in [5, 5.41) is 8.54. The fraction of sp³-hybridized carbons (Fsp3) is 0.333. The molecule has 1 aromatic rings. The van der Waals surface area contributed by atoms with E-state index in [9.17, 15) is 21.6 Å². The van der Waals surface area contributed by atoms with E-state index in [0.29, 0.717) is 5.56 Å². The third-order valence-electron chi connectivity index (χ3n) is 2.10. The Morgan fingerprint density at radius 3 is 2.30 bits per heavy atom. The number of rotatable bonds is 4. The molecule has 0 atom stereocenters. The monoisotopic (exact) mass is 307 g/mol. The first-order chi connectivity index (χ1) is 9.24. The summed E-state index contributed by atoms with van der Waals surface area (Å²) in [4.78, 5) is -0.269. The smallest absolute Gasteiger partial charge is 0.395 e. The lowest BCUT2D eigenvalue weighted by atomic mass is 10.2. The largest absolute Gasteiger partial charge is 0.402 e. The van der Waals surface area contributed by atoms with Crippen molar-refractivity contribution in [1.29, 1.82) is 0 Å². The third kappa shape index (κ3) is 5.61. The van der Waals surface area contributed by atoms with Crippen LogP contribution in [0.1, 0.15) is 12.0 Å². The van der Waals surface area contributed by atoms with Gasteiger partial charge < -0.3 is 5.11 Å². The van der Waals surface area contributed by atoms with Gasteiger partial charge in [0.15, 0.2) is 0 Å². The molecule has 20 heavy (non-hydrogen) atoms. The molecule has 0 aliphatic carbocycles. The van der Waals surface area contributed by atoms with Gasteiger partial charge in [0, 0.05) is 12.0 Å². The topological polar surface area (TPSA) is 66.4 Å². The van der Waals surface area contributed by atoms with E-state index in [2.05, 4.69) is 11.8 Å². The van der Waals surface area contributed by atoms with Gasteiger partial charge in [-0.05, 0) is 24.3 Å². The van der Waals surface area contributed by atoms with Gasteiger partial charge in [0.05, 0.1) is 11.5 Å². The molecule has 0 aliphatic heterocycles. The van der Waals surface area contributed by atoms with Crippen LogP contribution < -0.4 is 4.72 Å². The van der Waals surface area contributed by atoms with Crippen molar-refractivity contribution in [2.24, 2.45) is 0 Å². The van der Waals surface area contributed by atoms with Crippen molar-refractivity contribution in [3.63, 3.8) is 0 Å². The second kappa shape index (κ2) is 6.74. The maximum absolute atomic E-state index is 12.0. The van der Waals surface area contributed by atoms with Gasteiger partial charge in [-0.15, -0.1) is 0 Å². The van der Waals surface area contributed by atoms with Crippen LogP contribution in [0, 0.1) is 11.8 Å². The van der Waals surface area contributed by atoms with Crippen molar-refractivity contribution in [2.75, 3.05) is 13.2 Å². The summed E-state index contributed by atoms with van der Waals surface area (Å²) in [6.07, 6.45) is -4.32. The molecule has 8 heteroatoms. The number of benzene rings is 1. The van der Waals surface area contributed by atoms with E-state index in [0.717, 1.165) is 0 Å². The number of hydrogen-bond donors (Lipinski definition) is 2. The molecule has 0 amide bonds. The number of alkyl halides is 3. The van der Waals surface area contributed by atoms with Gasteiger partial charge in [-0.3, -0.25) is 0 Å². The molecule has 0 radical (unpaired) electrons. The Morgan fingerprint density at radius 2 is 1.80 bits per heavy atom. The lowest BCUT2D eigenvalue weighted by Crippen LogP contribution is -2.33. The van der Waals surface area contributed by atoms with E-state index in [1.165, 1.54) is 29.0 Å². The Balaban J connectivity index is 2.80. The zero-order valence-corrected chi connectivity index (χ0v) is 11.1. The molecule has 0 fully saturated rings. The molecule has 0 spiro atoms. The third-order valence-corrected chi connectivity index (χ3v) is 3.51. The number of aliphatic hydroxyl groups is 1. The molecular weight excluding hydrogens is 295 g/mol. The minimum atomic E-state index is -4.61. The minimum Gasteiger partial charge on any atom is -0.395 e. The first-order valence-electron chi connectivity index (χ1n) is 5.51. The van der Waals surface area contributed by atoms with E-state index in [-0.39, 0.29) is 17.9 Å². The van der Waals surface area contributed by atoms with Crippen LogP contribution in [0.25, 0.3) is 0 Å². The van der Waals surface area contributed by atoms with Gasteiger partial charge in [0.2, 0.25) is 10.0 Å². The zero-order valence-electron chi connectivity index (χ0n) is 10.2. The van der Waals surface area contributed by atoms with Crippen LogP contribution in [-0.4, -0.2) is 32.9 Å². The molecule has 110 valence electrons. The molecule has 2 N–H and O–H groups in total. The molecule has 4 nitrogen and oxygen atoms in total. The Hall–Kier alpha value is -1.56. The van der Waals surface area contributed by atoms with Crippen LogP contribution >= 0.6 is 0 Å². The van der Waals surface area contributed by atoms with Crippen LogP contribution in [0.2, 0.25) is 0 Å². The molecule has 0 bridgehead atoms. The van der Waals surface area contributed by atoms with Gasteiger partial charge in [0.25, 0.3) is 0 Å².